The number of hydrogen-bond donors (Lipinski definition) is 2. The van der Waals surface area contributed by atoms with Gasteiger partial charge in [-0.15, -0.1) is 0 Å². The van der Waals surface area contributed by atoms with Gasteiger partial charge in [-0.3, -0.25) is 4.79 Å². The second-order valence-corrected chi connectivity index (χ2v) is 5.74. The summed E-state index contributed by atoms with van der Waals surface area (Å²) in [6.45, 7) is 2.09. The van der Waals surface area contributed by atoms with E-state index in [0.29, 0.717) is 6.42 Å². The van der Waals surface area contributed by atoms with Gasteiger partial charge in [0.15, 0.2) is 0 Å². The third-order valence-corrected chi connectivity index (χ3v) is 4.24. The number of nitrogens with one attached hydrogen (secondary N) is 1. The predicted octanol–water partition coefficient (Wildman–Crippen LogP) is 2.79. The molecule has 1 aliphatic rings. The Labute approximate surface area is 126 Å². The molecule has 4 nitrogen and oxygen atoms in total. The van der Waals surface area contributed by atoms with Gasteiger partial charge in [0.1, 0.15) is 11.8 Å². The van der Waals surface area contributed by atoms with Gasteiger partial charge >= 0.3 is 5.97 Å². The van der Waals surface area contributed by atoms with E-state index in [-0.39, 0.29) is 6.04 Å². The first kappa shape index (κ1) is 15.8. The highest BCUT2D eigenvalue weighted by atomic mass is 16.5. The van der Waals surface area contributed by atoms with Crippen LogP contribution in [0.2, 0.25) is 0 Å². The maximum Gasteiger partial charge on any atom is 0.320 e. The highest BCUT2D eigenvalue weighted by Gasteiger charge is 2.25. The van der Waals surface area contributed by atoms with Crippen LogP contribution in [0, 0.1) is 0 Å². The van der Waals surface area contributed by atoms with Crippen LogP contribution in [0.5, 0.6) is 5.75 Å². The second-order valence-electron chi connectivity index (χ2n) is 5.74. The van der Waals surface area contributed by atoms with Crippen LogP contribution < -0.4 is 10.1 Å². The summed E-state index contributed by atoms with van der Waals surface area (Å²) in [6, 6.07) is 5.93. The Morgan fingerprint density at radius 1 is 1.52 bits per heavy atom. The molecular formula is C17H25NO3. The van der Waals surface area contributed by atoms with Crippen molar-refractivity contribution < 1.29 is 14.6 Å². The lowest BCUT2D eigenvalue weighted by molar-refractivity contribution is -0.140. The SMILES string of the molecule is CCCC[C@H](NC1CCc2c(cccc2OC)C1)C(=O)O. The van der Waals surface area contributed by atoms with Gasteiger partial charge in [0.05, 0.1) is 7.11 Å². The third-order valence-electron chi connectivity index (χ3n) is 4.24. The Hall–Kier alpha value is -1.55. The van der Waals surface area contributed by atoms with E-state index in [1.165, 1.54) is 11.1 Å². The maximum atomic E-state index is 11.3. The van der Waals surface area contributed by atoms with Gasteiger partial charge in [0.2, 0.25) is 0 Å². The van der Waals surface area contributed by atoms with Gasteiger partial charge in [-0.2, -0.15) is 0 Å². The summed E-state index contributed by atoms with van der Waals surface area (Å²) in [6.07, 6.45) is 5.45. The molecule has 0 amide bonds. The van der Waals surface area contributed by atoms with Gasteiger partial charge in [0.25, 0.3) is 0 Å². The number of methoxy groups -OCH3 is 1. The minimum Gasteiger partial charge on any atom is -0.496 e. The molecule has 2 N–H and O–H groups in total. The molecule has 1 aromatic carbocycles. The number of carboxylic acids is 1. The number of aliphatic carboxylic acids is 1. The molecule has 0 radical (unpaired) electrons. The summed E-state index contributed by atoms with van der Waals surface area (Å²) in [5.74, 6) is 0.214. The smallest absolute Gasteiger partial charge is 0.320 e. The summed E-state index contributed by atoms with van der Waals surface area (Å²) in [4.78, 5) is 11.3. The molecular weight excluding hydrogens is 266 g/mol. The molecule has 21 heavy (non-hydrogen) atoms. The molecule has 2 atom stereocenters. The summed E-state index contributed by atoms with van der Waals surface area (Å²) in [7, 11) is 1.70. The summed E-state index contributed by atoms with van der Waals surface area (Å²) in [5, 5.41) is 12.7. The minimum atomic E-state index is -0.736. The molecule has 4 heteroatoms. The molecule has 0 aliphatic heterocycles. The van der Waals surface area contributed by atoms with Crippen LogP contribution >= 0.6 is 0 Å². The molecule has 1 aromatic rings. The van der Waals surface area contributed by atoms with Crippen molar-refractivity contribution in [2.24, 2.45) is 0 Å². The van der Waals surface area contributed by atoms with Gasteiger partial charge < -0.3 is 15.2 Å². The van der Waals surface area contributed by atoms with Gasteiger partial charge in [-0.1, -0.05) is 31.9 Å². The monoisotopic (exact) mass is 291 g/mol. The van der Waals surface area contributed by atoms with Crippen LogP contribution in [0.15, 0.2) is 18.2 Å². The normalized spacial score (nSPS) is 18.9. The number of rotatable bonds is 7. The lowest BCUT2D eigenvalue weighted by Gasteiger charge is -2.29. The fourth-order valence-corrected chi connectivity index (χ4v) is 3.08. The van der Waals surface area contributed by atoms with Crippen molar-refractivity contribution in [2.45, 2.75) is 57.5 Å². The van der Waals surface area contributed by atoms with Crippen molar-refractivity contribution in [3.05, 3.63) is 29.3 Å². The molecule has 1 aliphatic carbocycles. The molecule has 0 saturated heterocycles. The molecule has 0 bridgehead atoms. The molecule has 116 valence electrons. The van der Waals surface area contributed by atoms with Crippen LogP contribution in [-0.2, 0) is 17.6 Å². The number of carbonyl (C=O) groups is 1. The lowest BCUT2D eigenvalue weighted by atomic mass is 9.87. The van der Waals surface area contributed by atoms with E-state index in [9.17, 15) is 9.90 Å². The maximum absolute atomic E-state index is 11.3. The van der Waals surface area contributed by atoms with Crippen molar-refractivity contribution in [3.63, 3.8) is 0 Å². The highest BCUT2D eigenvalue weighted by molar-refractivity contribution is 5.73. The number of ether oxygens (including phenoxy) is 1. The van der Waals surface area contributed by atoms with Crippen LogP contribution in [0.3, 0.4) is 0 Å². The Bertz CT molecular complexity index is 487. The van der Waals surface area contributed by atoms with Gasteiger partial charge in [-0.05, 0) is 42.9 Å². The lowest BCUT2D eigenvalue weighted by Crippen LogP contribution is -2.45. The first-order valence-corrected chi connectivity index (χ1v) is 7.79. The van der Waals surface area contributed by atoms with Gasteiger partial charge in [0, 0.05) is 6.04 Å². The molecule has 2 rings (SSSR count). The quantitative estimate of drug-likeness (QED) is 0.811. The standard InChI is InChI=1S/C17H25NO3/c1-3-4-7-15(17(19)20)18-13-9-10-14-12(11-13)6-5-8-16(14)21-2/h5-6,8,13,15,18H,3-4,7,9-11H2,1-2H3,(H,19,20)/t13?,15-/m0/s1. The van der Waals surface area contributed by atoms with Gasteiger partial charge in [-0.25, -0.2) is 0 Å². The van der Waals surface area contributed by atoms with Crippen molar-refractivity contribution in [1.29, 1.82) is 0 Å². The highest BCUT2D eigenvalue weighted by Crippen LogP contribution is 2.29. The zero-order chi connectivity index (χ0) is 15.2. The molecule has 1 unspecified atom stereocenters. The van der Waals surface area contributed by atoms with E-state index in [1.807, 2.05) is 12.1 Å². The van der Waals surface area contributed by atoms with Crippen LogP contribution in [0.25, 0.3) is 0 Å². The minimum absolute atomic E-state index is 0.238. The van der Waals surface area contributed by atoms with Crippen LogP contribution in [-0.4, -0.2) is 30.3 Å². The fraction of sp³-hybridized carbons (Fsp3) is 0.588. The molecule has 0 fully saturated rings. The third kappa shape index (κ3) is 3.97. The molecule has 0 heterocycles. The van der Waals surface area contributed by atoms with Crippen LogP contribution in [0.1, 0.15) is 43.7 Å². The molecule has 0 aromatic heterocycles. The van der Waals surface area contributed by atoms with Crippen molar-refractivity contribution in [3.8, 4) is 5.75 Å². The number of unbranched alkanes of at least 4 members (excludes halogenated alkanes) is 1. The topological polar surface area (TPSA) is 58.6 Å². The van der Waals surface area contributed by atoms with Crippen molar-refractivity contribution in [2.75, 3.05) is 7.11 Å². The average Bonchev–Trinajstić information content (AvgIpc) is 2.50. The largest absolute Gasteiger partial charge is 0.496 e. The van der Waals surface area contributed by atoms with E-state index in [2.05, 4.69) is 18.3 Å². The average molecular weight is 291 g/mol. The number of benzene rings is 1. The molecule has 0 spiro atoms. The Morgan fingerprint density at radius 2 is 2.33 bits per heavy atom. The fourth-order valence-electron chi connectivity index (χ4n) is 3.08. The van der Waals surface area contributed by atoms with E-state index in [0.717, 1.165) is 37.9 Å². The Morgan fingerprint density at radius 3 is 3.00 bits per heavy atom. The van der Waals surface area contributed by atoms with E-state index < -0.39 is 12.0 Å². The number of hydrogen-bond acceptors (Lipinski definition) is 3. The zero-order valence-electron chi connectivity index (χ0n) is 12.9. The first-order chi connectivity index (χ1) is 10.2. The van der Waals surface area contributed by atoms with E-state index in [1.54, 1.807) is 7.11 Å². The number of fused-ring (bicyclic) bond motifs is 1. The van der Waals surface area contributed by atoms with Crippen molar-refractivity contribution in [1.82, 2.24) is 5.32 Å². The van der Waals surface area contributed by atoms with E-state index >= 15 is 0 Å². The first-order valence-electron chi connectivity index (χ1n) is 7.79. The predicted molar refractivity (Wildman–Crippen MR) is 82.9 cm³/mol. The summed E-state index contributed by atoms with van der Waals surface area (Å²) < 4.78 is 5.41. The summed E-state index contributed by atoms with van der Waals surface area (Å²) >= 11 is 0. The zero-order valence-corrected chi connectivity index (χ0v) is 12.9. The summed E-state index contributed by atoms with van der Waals surface area (Å²) in [5.41, 5.74) is 2.55. The number of carboxylic acid groups (broad SMARTS) is 1. The van der Waals surface area contributed by atoms with Crippen LogP contribution in [0.4, 0.5) is 0 Å². The second kappa shape index (κ2) is 7.46. The van der Waals surface area contributed by atoms with E-state index in [4.69, 9.17) is 4.74 Å². The Kier molecular flexibility index (Phi) is 5.62. The Balaban J connectivity index is 2.02. The molecule has 0 saturated carbocycles. The van der Waals surface area contributed by atoms with Crippen molar-refractivity contribution >= 4 is 5.97 Å².